The molecule has 0 radical (unpaired) electrons. The van der Waals surface area contributed by atoms with Gasteiger partial charge in [-0.1, -0.05) is 24.3 Å². The smallest absolute Gasteiger partial charge is 0.311 e. The lowest BCUT2D eigenvalue weighted by atomic mass is 10.1. The zero-order valence-electron chi connectivity index (χ0n) is 14.7. The molecule has 1 heterocycles. The first-order valence-electron chi connectivity index (χ1n) is 8.50. The van der Waals surface area contributed by atoms with Gasteiger partial charge in [-0.25, -0.2) is 0 Å². The molecule has 0 spiro atoms. The fourth-order valence-corrected chi connectivity index (χ4v) is 2.86. The number of nitro groups is 1. The van der Waals surface area contributed by atoms with E-state index in [4.69, 9.17) is 4.74 Å². The topological polar surface area (TPSA) is 119 Å². The molecule has 9 heteroatoms. The summed E-state index contributed by atoms with van der Waals surface area (Å²) in [6, 6.07) is 14.4. The lowest BCUT2D eigenvalue weighted by Crippen LogP contribution is -2.28. The molecule has 1 aliphatic rings. The van der Waals surface area contributed by atoms with Crippen LogP contribution in [0.15, 0.2) is 54.6 Å². The minimum Gasteiger partial charge on any atom is -0.455 e. The molecule has 1 N–H and O–H groups in total. The van der Waals surface area contributed by atoms with Crippen molar-refractivity contribution in [3.05, 3.63) is 64.7 Å². The summed E-state index contributed by atoms with van der Waals surface area (Å²) in [6.07, 6.45) is -0.0815. The van der Waals surface area contributed by atoms with Crippen LogP contribution in [0, 0.1) is 16.0 Å². The number of para-hydroxylation sites is 1. The number of nitrogens with one attached hydrogen (secondary N) is 1. The van der Waals surface area contributed by atoms with Gasteiger partial charge in [0, 0.05) is 30.8 Å². The SMILES string of the molecule is O=C(COC(=O)[C@@H]1CC(=O)N(c2cccc([N+](=O)[O-])c2)C1)Nc1ccccc1. The highest BCUT2D eigenvalue weighted by Gasteiger charge is 2.36. The molecule has 0 bridgehead atoms. The third-order valence-corrected chi connectivity index (χ3v) is 4.21. The van der Waals surface area contributed by atoms with Crippen molar-refractivity contribution in [1.29, 1.82) is 0 Å². The first-order valence-corrected chi connectivity index (χ1v) is 8.50. The summed E-state index contributed by atoms with van der Waals surface area (Å²) in [7, 11) is 0. The second kappa shape index (κ2) is 8.30. The van der Waals surface area contributed by atoms with Crippen molar-refractivity contribution in [2.24, 2.45) is 5.92 Å². The third-order valence-electron chi connectivity index (χ3n) is 4.21. The van der Waals surface area contributed by atoms with E-state index in [-0.39, 0.29) is 24.6 Å². The molecule has 1 atom stereocenters. The summed E-state index contributed by atoms with van der Waals surface area (Å²) in [4.78, 5) is 47.9. The summed E-state index contributed by atoms with van der Waals surface area (Å²) >= 11 is 0. The molecule has 28 heavy (non-hydrogen) atoms. The van der Waals surface area contributed by atoms with Crippen molar-refractivity contribution in [3.63, 3.8) is 0 Å². The highest BCUT2D eigenvalue weighted by molar-refractivity contribution is 6.00. The molecule has 0 saturated carbocycles. The number of carbonyl (C=O) groups is 3. The van der Waals surface area contributed by atoms with Gasteiger partial charge in [0.2, 0.25) is 5.91 Å². The van der Waals surface area contributed by atoms with Crippen LogP contribution in [0.25, 0.3) is 0 Å². The van der Waals surface area contributed by atoms with E-state index in [9.17, 15) is 24.5 Å². The average Bonchev–Trinajstić information content (AvgIpc) is 3.09. The van der Waals surface area contributed by atoms with Gasteiger partial charge >= 0.3 is 5.97 Å². The summed E-state index contributed by atoms with van der Waals surface area (Å²) in [6.45, 7) is -0.422. The van der Waals surface area contributed by atoms with Crippen LogP contribution in [-0.2, 0) is 19.1 Å². The molecule has 2 aromatic carbocycles. The molecule has 0 unspecified atom stereocenters. The minimum atomic E-state index is -0.740. The Balaban J connectivity index is 1.55. The quantitative estimate of drug-likeness (QED) is 0.464. The lowest BCUT2D eigenvalue weighted by molar-refractivity contribution is -0.384. The number of amides is 2. The van der Waals surface area contributed by atoms with E-state index in [1.807, 2.05) is 0 Å². The van der Waals surface area contributed by atoms with Crippen molar-refractivity contribution in [1.82, 2.24) is 0 Å². The van der Waals surface area contributed by atoms with Crippen LogP contribution < -0.4 is 10.2 Å². The Hall–Kier alpha value is -3.75. The zero-order valence-corrected chi connectivity index (χ0v) is 14.7. The number of nitro benzene ring substituents is 1. The number of hydrogen-bond donors (Lipinski definition) is 1. The second-order valence-corrected chi connectivity index (χ2v) is 6.20. The van der Waals surface area contributed by atoms with Crippen LogP contribution in [0.4, 0.5) is 17.1 Å². The number of carbonyl (C=O) groups excluding carboxylic acids is 3. The Morgan fingerprint density at radius 1 is 1.18 bits per heavy atom. The van der Waals surface area contributed by atoms with Gasteiger partial charge in [-0.2, -0.15) is 0 Å². The van der Waals surface area contributed by atoms with Crippen LogP contribution in [0.2, 0.25) is 0 Å². The van der Waals surface area contributed by atoms with Crippen molar-refractivity contribution < 1.29 is 24.0 Å². The van der Waals surface area contributed by atoms with Crippen LogP contribution >= 0.6 is 0 Å². The standard InChI is InChI=1S/C19H17N3O6/c23-17(20-14-5-2-1-3-6-14)12-28-19(25)13-9-18(24)21(11-13)15-7-4-8-16(10-15)22(26)27/h1-8,10,13H,9,11-12H2,(H,20,23)/t13-/m1/s1. The van der Waals surface area contributed by atoms with Crippen molar-refractivity contribution in [3.8, 4) is 0 Å². The minimum absolute atomic E-state index is 0.0408. The maximum atomic E-state index is 12.2. The van der Waals surface area contributed by atoms with Gasteiger partial charge in [-0.15, -0.1) is 0 Å². The van der Waals surface area contributed by atoms with Crippen LogP contribution in [-0.4, -0.2) is 35.9 Å². The normalized spacial score (nSPS) is 15.9. The number of hydrogen-bond acceptors (Lipinski definition) is 6. The summed E-state index contributed by atoms with van der Waals surface area (Å²) < 4.78 is 5.02. The first-order chi connectivity index (χ1) is 13.4. The van der Waals surface area contributed by atoms with E-state index in [2.05, 4.69) is 5.32 Å². The van der Waals surface area contributed by atoms with Crippen LogP contribution in [0.3, 0.4) is 0 Å². The molecule has 2 aromatic rings. The van der Waals surface area contributed by atoms with Gasteiger partial charge in [-0.3, -0.25) is 24.5 Å². The number of non-ortho nitro benzene ring substituents is 1. The van der Waals surface area contributed by atoms with Crippen molar-refractivity contribution >= 4 is 34.8 Å². The Morgan fingerprint density at radius 2 is 1.93 bits per heavy atom. The van der Waals surface area contributed by atoms with E-state index in [1.165, 1.54) is 23.1 Å². The molecule has 144 valence electrons. The number of nitrogens with zero attached hydrogens (tertiary/aromatic N) is 2. The molecule has 1 aliphatic heterocycles. The van der Waals surface area contributed by atoms with Crippen molar-refractivity contribution in [2.75, 3.05) is 23.4 Å². The Labute approximate surface area is 160 Å². The Bertz CT molecular complexity index is 915. The van der Waals surface area contributed by atoms with Gasteiger partial charge in [-0.05, 0) is 18.2 Å². The lowest BCUT2D eigenvalue weighted by Gasteiger charge is -2.16. The molecule has 1 fully saturated rings. The maximum Gasteiger partial charge on any atom is 0.311 e. The Morgan fingerprint density at radius 3 is 2.64 bits per heavy atom. The second-order valence-electron chi connectivity index (χ2n) is 6.20. The fourth-order valence-electron chi connectivity index (χ4n) is 2.86. The molecule has 0 aromatic heterocycles. The number of ether oxygens (including phenoxy) is 1. The predicted octanol–water partition coefficient (Wildman–Crippen LogP) is 2.13. The van der Waals surface area contributed by atoms with Crippen molar-refractivity contribution in [2.45, 2.75) is 6.42 Å². The molecule has 2 amide bonds. The van der Waals surface area contributed by atoms with E-state index in [0.717, 1.165) is 0 Å². The van der Waals surface area contributed by atoms with Crippen LogP contribution in [0.1, 0.15) is 6.42 Å². The van der Waals surface area contributed by atoms with E-state index in [1.54, 1.807) is 36.4 Å². The fraction of sp³-hybridized carbons (Fsp3) is 0.211. The van der Waals surface area contributed by atoms with E-state index < -0.39 is 29.3 Å². The molecule has 0 aliphatic carbocycles. The molecular weight excluding hydrogens is 366 g/mol. The van der Waals surface area contributed by atoms with E-state index in [0.29, 0.717) is 11.4 Å². The number of anilines is 2. The summed E-state index contributed by atoms with van der Waals surface area (Å²) in [5.41, 5.74) is 0.779. The van der Waals surface area contributed by atoms with Gasteiger partial charge in [0.25, 0.3) is 11.6 Å². The summed E-state index contributed by atoms with van der Waals surface area (Å²) in [5, 5.41) is 13.5. The highest BCUT2D eigenvalue weighted by atomic mass is 16.6. The Kier molecular flexibility index (Phi) is 5.64. The molecule has 3 rings (SSSR count). The summed E-state index contributed by atoms with van der Waals surface area (Å²) in [5.74, 6) is -2.23. The largest absolute Gasteiger partial charge is 0.455 e. The van der Waals surface area contributed by atoms with Crippen LogP contribution in [0.5, 0.6) is 0 Å². The van der Waals surface area contributed by atoms with Gasteiger partial charge in [0.05, 0.1) is 16.5 Å². The van der Waals surface area contributed by atoms with Gasteiger partial charge < -0.3 is 15.0 Å². The zero-order chi connectivity index (χ0) is 20.1. The number of benzene rings is 2. The average molecular weight is 383 g/mol. The first kappa shape index (κ1) is 19.0. The van der Waals surface area contributed by atoms with Gasteiger partial charge in [0.1, 0.15) is 0 Å². The highest BCUT2D eigenvalue weighted by Crippen LogP contribution is 2.28. The number of esters is 1. The molecule has 1 saturated heterocycles. The maximum absolute atomic E-state index is 12.2. The van der Waals surface area contributed by atoms with E-state index >= 15 is 0 Å². The molecule has 9 nitrogen and oxygen atoms in total. The number of rotatable bonds is 6. The predicted molar refractivity (Wildman–Crippen MR) is 99.6 cm³/mol. The molecular formula is C19H17N3O6. The monoisotopic (exact) mass is 383 g/mol. The third kappa shape index (κ3) is 4.50. The van der Waals surface area contributed by atoms with Gasteiger partial charge in [0.15, 0.2) is 6.61 Å².